The number of benzene rings is 2. The Balaban J connectivity index is 1.06. The number of nitrogens with zero attached hydrogens (tertiary/aromatic N) is 5. The summed E-state index contributed by atoms with van der Waals surface area (Å²) in [7, 11) is 2.55. The van der Waals surface area contributed by atoms with Gasteiger partial charge in [-0.2, -0.15) is 0 Å². The topological polar surface area (TPSA) is 188 Å². The van der Waals surface area contributed by atoms with Crippen LogP contribution in [0.2, 0.25) is 0 Å². The van der Waals surface area contributed by atoms with Gasteiger partial charge in [-0.1, -0.05) is 50.2 Å². The predicted molar refractivity (Wildman–Crippen MR) is 202 cm³/mol. The van der Waals surface area contributed by atoms with Gasteiger partial charge in [0.15, 0.2) is 0 Å². The Bertz CT molecular complexity index is 2160. The second kappa shape index (κ2) is 15.7. The van der Waals surface area contributed by atoms with E-state index in [1.54, 1.807) is 33.5 Å². The number of H-pyrrole nitrogens is 2. The first-order chi connectivity index (χ1) is 26.2. The summed E-state index contributed by atoms with van der Waals surface area (Å²) in [6.07, 6.45) is 5.55. The third-order valence-corrected chi connectivity index (χ3v) is 11.0. The molecule has 7 rings (SSSR count). The van der Waals surface area contributed by atoms with Crippen LogP contribution in [0.4, 0.5) is 9.59 Å². The molecule has 4 amide bonds. The Hall–Kier alpha value is -5.77. The molecule has 3 atom stereocenters. The molecule has 2 aromatic carbocycles. The van der Waals surface area contributed by atoms with Gasteiger partial charge in [0, 0.05) is 24.2 Å². The zero-order valence-corrected chi connectivity index (χ0v) is 31.4. The van der Waals surface area contributed by atoms with Gasteiger partial charge >= 0.3 is 12.2 Å². The average Bonchev–Trinajstić information content (AvgIpc) is 4.04. The molecule has 2 saturated heterocycles. The van der Waals surface area contributed by atoms with E-state index >= 15 is 0 Å². The summed E-state index contributed by atoms with van der Waals surface area (Å²) in [4.78, 5) is 74.4. The molecule has 4 N–H and O–H groups in total. The molecule has 15 nitrogen and oxygen atoms in total. The molecule has 54 heavy (non-hydrogen) atoms. The van der Waals surface area contributed by atoms with E-state index in [2.05, 4.69) is 59.6 Å². The van der Waals surface area contributed by atoms with E-state index in [1.807, 2.05) is 31.5 Å². The van der Waals surface area contributed by atoms with E-state index in [-0.39, 0.29) is 36.4 Å². The van der Waals surface area contributed by atoms with Gasteiger partial charge in [0.05, 0.1) is 65.8 Å². The number of rotatable bonds is 10. The number of hydrogen-bond donors (Lipinski definition) is 4. The van der Waals surface area contributed by atoms with Gasteiger partial charge in [0.25, 0.3) is 0 Å². The lowest BCUT2D eigenvalue weighted by molar-refractivity contribution is -0.135. The summed E-state index contributed by atoms with van der Waals surface area (Å²) in [6, 6.07) is 11.2. The van der Waals surface area contributed by atoms with Crippen LogP contribution in [0.15, 0.2) is 54.3 Å². The van der Waals surface area contributed by atoms with E-state index in [0.717, 1.165) is 69.5 Å². The van der Waals surface area contributed by atoms with Crippen LogP contribution in [0.5, 0.6) is 0 Å². The maximum absolute atomic E-state index is 13.6. The molecule has 5 heterocycles. The fraction of sp³-hybridized carbons (Fsp3) is 0.395. The molecule has 3 unspecified atom stereocenters. The summed E-state index contributed by atoms with van der Waals surface area (Å²) in [6.45, 7) is 4.84. The van der Waals surface area contributed by atoms with Crippen molar-refractivity contribution in [1.29, 1.82) is 0 Å². The molecule has 0 bridgehead atoms. The average molecular weight is 754 g/mol. The predicted octanol–water partition coefficient (Wildman–Crippen LogP) is 5.81. The van der Waals surface area contributed by atoms with Gasteiger partial charge < -0.3 is 39.9 Å². The van der Waals surface area contributed by atoms with Crippen LogP contribution < -0.4 is 10.6 Å². The Labute approximate surface area is 315 Å². The first kappa shape index (κ1) is 36.6. The summed E-state index contributed by atoms with van der Waals surface area (Å²) < 4.78 is 10.4. The molecule has 0 aliphatic carbocycles. The number of amides is 4. The van der Waals surface area contributed by atoms with Crippen molar-refractivity contribution in [3.8, 4) is 33.6 Å². The molecule has 2 aliphatic heterocycles. The Kier molecular flexibility index (Phi) is 10.6. The Morgan fingerprint density at radius 2 is 1.43 bits per heavy atom. The SMILES string of the molecule is COC(=O)NCC(=O)N1CCCC1c1ncc(-c2ccc(-c3ccc(-c4cnc(C5CCCN5C(=O)C(NC(=O)OC)C(C)C)[nH]4)cc3)c3ncsc23)[nH]1. The van der Waals surface area contributed by atoms with Crippen LogP contribution in [-0.2, 0) is 19.1 Å². The lowest BCUT2D eigenvalue weighted by Crippen LogP contribution is -2.51. The van der Waals surface area contributed by atoms with E-state index in [0.29, 0.717) is 24.7 Å². The quantitative estimate of drug-likeness (QED) is 0.137. The molecule has 16 heteroatoms. The van der Waals surface area contributed by atoms with Crippen molar-refractivity contribution in [2.75, 3.05) is 33.9 Å². The molecule has 5 aromatic rings. The van der Waals surface area contributed by atoms with Gasteiger partial charge in [-0.25, -0.2) is 24.5 Å². The second-order valence-corrected chi connectivity index (χ2v) is 14.6. The third-order valence-electron chi connectivity index (χ3n) is 10.2. The fourth-order valence-corrected chi connectivity index (χ4v) is 8.23. The van der Waals surface area contributed by atoms with E-state index < -0.39 is 18.2 Å². The summed E-state index contributed by atoms with van der Waals surface area (Å²) in [5, 5.41) is 5.16. The third kappa shape index (κ3) is 7.25. The summed E-state index contributed by atoms with van der Waals surface area (Å²) in [5.74, 6) is 0.972. The van der Waals surface area contributed by atoms with Crippen LogP contribution >= 0.6 is 11.3 Å². The summed E-state index contributed by atoms with van der Waals surface area (Å²) in [5.41, 5.74) is 8.34. The first-order valence-electron chi connectivity index (χ1n) is 18.0. The molecule has 2 aliphatic rings. The maximum Gasteiger partial charge on any atom is 0.407 e. The van der Waals surface area contributed by atoms with Gasteiger partial charge in [0.2, 0.25) is 11.8 Å². The number of aromatic amines is 2. The largest absolute Gasteiger partial charge is 0.453 e. The number of nitrogens with one attached hydrogen (secondary N) is 4. The maximum atomic E-state index is 13.6. The van der Waals surface area contributed by atoms with Crippen LogP contribution in [-0.4, -0.2) is 98.6 Å². The standard InChI is InChI=1S/C38H43N9O6S/c1-21(2)31(45-38(51)53-4)36(49)47-16-6-8-29(47)35-39-17-26(43-35)23-11-9-22(10-12-23)24-13-14-25(33-32(24)42-20-54-33)27-18-40-34(44-27)28-7-5-15-46(28)30(48)19-41-37(50)52-3/h9-14,17-18,20-21,28-29,31H,5-8,15-16,19H2,1-4H3,(H,39,43)(H,40,44)(H,41,50)(H,45,51). The highest BCUT2D eigenvalue weighted by molar-refractivity contribution is 7.17. The molecule has 282 valence electrons. The number of alkyl carbamates (subject to hydrolysis) is 2. The summed E-state index contributed by atoms with van der Waals surface area (Å²) >= 11 is 1.56. The van der Waals surface area contributed by atoms with Crippen molar-refractivity contribution in [3.05, 3.63) is 66.0 Å². The minimum absolute atomic E-state index is 0.111. The molecule has 2 fully saturated rings. The van der Waals surface area contributed by atoms with Gasteiger partial charge in [-0.15, -0.1) is 11.3 Å². The number of likely N-dealkylation sites (tertiary alicyclic amines) is 2. The van der Waals surface area contributed by atoms with Crippen molar-refractivity contribution in [1.82, 2.24) is 45.4 Å². The minimum atomic E-state index is -0.695. The van der Waals surface area contributed by atoms with Crippen LogP contribution in [0.1, 0.15) is 63.3 Å². The molecular formula is C38H43N9O6S. The zero-order valence-electron chi connectivity index (χ0n) is 30.5. The van der Waals surface area contributed by atoms with Crippen LogP contribution in [0.3, 0.4) is 0 Å². The highest BCUT2D eigenvalue weighted by atomic mass is 32.1. The smallest absolute Gasteiger partial charge is 0.407 e. The Morgan fingerprint density at radius 3 is 2.11 bits per heavy atom. The molecule has 3 aromatic heterocycles. The monoisotopic (exact) mass is 753 g/mol. The van der Waals surface area contributed by atoms with E-state index in [1.165, 1.54) is 14.2 Å². The van der Waals surface area contributed by atoms with Crippen molar-refractivity contribution in [2.45, 2.75) is 57.7 Å². The highest BCUT2D eigenvalue weighted by Crippen LogP contribution is 2.39. The molecule has 0 radical (unpaired) electrons. The zero-order chi connectivity index (χ0) is 37.9. The van der Waals surface area contributed by atoms with Crippen molar-refractivity contribution >= 4 is 45.6 Å². The number of aromatic nitrogens is 5. The molecular weight excluding hydrogens is 711 g/mol. The fourth-order valence-electron chi connectivity index (χ4n) is 7.38. The van der Waals surface area contributed by atoms with Gasteiger partial charge in [-0.05, 0) is 42.7 Å². The Morgan fingerprint density at radius 1 is 0.815 bits per heavy atom. The van der Waals surface area contributed by atoms with E-state index in [4.69, 9.17) is 9.72 Å². The number of thiazole rings is 1. The van der Waals surface area contributed by atoms with Gasteiger partial charge in [0.1, 0.15) is 24.2 Å². The number of ether oxygens (including phenoxy) is 2. The minimum Gasteiger partial charge on any atom is -0.453 e. The number of methoxy groups -OCH3 is 2. The normalized spacial score (nSPS) is 17.6. The first-order valence-corrected chi connectivity index (χ1v) is 18.9. The number of carbonyl (C=O) groups excluding carboxylic acids is 4. The van der Waals surface area contributed by atoms with Crippen molar-refractivity contribution < 1.29 is 28.7 Å². The number of imidazole rings is 2. The van der Waals surface area contributed by atoms with Gasteiger partial charge in [-0.3, -0.25) is 9.59 Å². The molecule has 0 spiro atoms. The number of fused-ring (bicyclic) bond motifs is 1. The lowest BCUT2D eigenvalue weighted by Gasteiger charge is -2.30. The number of hydrogen-bond acceptors (Lipinski definition) is 10. The van der Waals surface area contributed by atoms with Crippen LogP contribution in [0, 0.1) is 5.92 Å². The molecule has 0 saturated carbocycles. The lowest BCUT2D eigenvalue weighted by atomic mass is 10.00. The van der Waals surface area contributed by atoms with Crippen LogP contribution in [0.25, 0.3) is 43.9 Å². The van der Waals surface area contributed by atoms with E-state index in [9.17, 15) is 19.2 Å². The van der Waals surface area contributed by atoms with Crippen molar-refractivity contribution in [2.24, 2.45) is 5.92 Å². The second-order valence-electron chi connectivity index (χ2n) is 13.8. The van der Waals surface area contributed by atoms with Crippen molar-refractivity contribution in [3.63, 3.8) is 0 Å². The highest BCUT2D eigenvalue weighted by Gasteiger charge is 2.37. The number of carbonyl (C=O) groups is 4.